The van der Waals surface area contributed by atoms with Crippen LogP contribution in [0.4, 0.5) is 13.2 Å². The first-order valence-electron chi connectivity index (χ1n) is 5.44. The molecule has 0 aromatic heterocycles. The third-order valence-corrected chi connectivity index (χ3v) is 3.51. The lowest BCUT2D eigenvalue weighted by molar-refractivity contribution is -0.134. The van der Waals surface area contributed by atoms with Crippen molar-refractivity contribution in [1.82, 2.24) is 4.72 Å². The zero-order chi connectivity index (χ0) is 14.1. The number of hydrogen-bond acceptors (Lipinski definition) is 3. The van der Waals surface area contributed by atoms with Crippen molar-refractivity contribution in [2.24, 2.45) is 0 Å². The van der Waals surface area contributed by atoms with Crippen molar-refractivity contribution in [3.63, 3.8) is 0 Å². The fraction of sp³-hybridized carbons (Fsp3) is 1.00. The summed E-state index contributed by atoms with van der Waals surface area (Å²) in [7, 11) is -3.63. The maximum Gasteiger partial charge on any atom is 0.389 e. The van der Waals surface area contributed by atoms with Crippen LogP contribution < -0.4 is 4.72 Å². The fourth-order valence-corrected chi connectivity index (χ4v) is 2.33. The van der Waals surface area contributed by atoms with Crippen molar-refractivity contribution >= 4 is 21.6 Å². The van der Waals surface area contributed by atoms with Gasteiger partial charge in [0.05, 0.1) is 12.4 Å². The molecule has 0 aliphatic rings. The van der Waals surface area contributed by atoms with Crippen molar-refractivity contribution in [2.75, 3.05) is 31.4 Å². The van der Waals surface area contributed by atoms with E-state index < -0.39 is 34.8 Å². The number of rotatable bonds is 10. The second-order valence-corrected chi connectivity index (χ2v) is 5.89. The zero-order valence-electron chi connectivity index (χ0n) is 9.80. The molecule has 0 saturated heterocycles. The average molecular weight is 312 g/mol. The summed E-state index contributed by atoms with van der Waals surface area (Å²) >= 11 is 5.35. The van der Waals surface area contributed by atoms with Crippen LogP contribution in [-0.4, -0.2) is 46.0 Å². The Balaban J connectivity index is 3.62. The highest BCUT2D eigenvalue weighted by Gasteiger charge is 2.27. The van der Waals surface area contributed by atoms with Gasteiger partial charge in [-0.15, -0.1) is 11.6 Å². The van der Waals surface area contributed by atoms with Gasteiger partial charge in [-0.2, -0.15) is 13.2 Å². The molecule has 0 bridgehead atoms. The number of ether oxygens (including phenoxy) is 1. The molecule has 0 unspecified atom stereocenters. The summed E-state index contributed by atoms with van der Waals surface area (Å²) in [6.07, 6.45) is -5.38. The van der Waals surface area contributed by atoms with Gasteiger partial charge < -0.3 is 4.74 Å². The number of halogens is 4. The summed E-state index contributed by atoms with van der Waals surface area (Å²) in [5.74, 6) is -0.155. The molecule has 0 fully saturated rings. The molecule has 0 aromatic carbocycles. The maximum atomic E-state index is 11.8. The van der Waals surface area contributed by atoms with Gasteiger partial charge in [-0.05, 0) is 12.8 Å². The quantitative estimate of drug-likeness (QED) is 0.495. The van der Waals surface area contributed by atoms with Gasteiger partial charge in [-0.1, -0.05) is 0 Å². The van der Waals surface area contributed by atoms with Crippen molar-refractivity contribution in [2.45, 2.75) is 25.4 Å². The molecule has 110 valence electrons. The van der Waals surface area contributed by atoms with Crippen molar-refractivity contribution in [3.05, 3.63) is 0 Å². The molecular weight excluding hydrogens is 295 g/mol. The smallest absolute Gasteiger partial charge is 0.380 e. The van der Waals surface area contributed by atoms with E-state index in [0.29, 0.717) is 25.5 Å². The lowest BCUT2D eigenvalue weighted by Crippen LogP contribution is -2.28. The lowest BCUT2D eigenvalue weighted by Gasteiger charge is -2.08. The molecule has 18 heavy (non-hydrogen) atoms. The molecule has 0 radical (unpaired) electrons. The first-order valence-corrected chi connectivity index (χ1v) is 7.63. The van der Waals surface area contributed by atoms with E-state index in [0.717, 1.165) is 0 Å². The van der Waals surface area contributed by atoms with E-state index in [9.17, 15) is 21.6 Å². The molecule has 4 nitrogen and oxygen atoms in total. The normalized spacial score (nSPS) is 12.9. The van der Waals surface area contributed by atoms with Crippen LogP contribution in [0.2, 0.25) is 0 Å². The maximum absolute atomic E-state index is 11.8. The molecule has 0 aromatic rings. The minimum absolute atomic E-state index is 0.149. The Morgan fingerprint density at radius 1 is 1.17 bits per heavy atom. The molecule has 0 amide bonds. The summed E-state index contributed by atoms with van der Waals surface area (Å²) < 4.78 is 65.2. The minimum Gasteiger partial charge on any atom is -0.380 e. The van der Waals surface area contributed by atoms with Crippen LogP contribution in [0.25, 0.3) is 0 Å². The standard InChI is InChI=1S/C9H17ClF3NO3S/c10-4-7-17-6-2-5-14-18(15,16)8-1-3-9(11,12)13/h14H,1-8H2. The largest absolute Gasteiger partial charge is 0.389 e. The highest BCUT2D eigenvalue weighted by Crippen LogP contribution is 2.21. The van der Waals surface area contributed by atoms with Gasteiger partial charge in [-0.25, -0.2) is 13.1 Å². The monoisotopic (exact) mass is 311 g/mol. The van der Waals surface area contributed by atoms with Crippen molar-refractivity contribution in [1.29, 1.82) is 0 Å². The Morgan fingerprint density at radius 3 is 2.39 bits per heavy atom. The topological polar surface area (TPSA) is 55.4 Å². The van der Waals surface area contributed by atoms with Gasteiger partial charge >= 0.3 is 6.18 Å². The summed E-state index contributed by atoms with van der Waals surface area (Å²) in [6.45, 7) is 0.897. The van der Waals surface area contributed by atoms with E-state index in [1.807, 2.05) is 0 Å². The number of nitrogens with one attached hydrogen (secondary N) is 1. The summed E-state index contributed by atoms with van der Waals surface area (Å²) in [5.41, 5.74) is 0. The molecule has 1 N–H and O–H groups in total. The fourth-order valence-electron chi connectivity index (χ4n) is 1.09. The van der Waals surface area contributed by atoms with Gasteiger partial charge in [0, 0.05) is 25.5 Å². The summed E-state index contributed by atoms with van der Waals surface area (Å²) in [5, 5.41) is 0. The molecule has 0 saturated carbocycles. The average Bonchev–Trinajstić information content (AvgIpc) is 2.21. The van der Waals surface area contributed by atoms with Crippen LogP contribution >= 0.6 is 11.6 Å². The molecule has 0 heterocycles. The number of alkyl halides is 4. The molecule has 0 spiro atoms. The number of sulfonamides is 1. The van der Waals surface area contributed by atoms with Crippen LogP contribution in [0.15, 0.2) is 0 Å². The van der Waals surface area contributed by atoms with Crippen molar-refractivity contribution in [3.8, 4) is 0 Å². The predicted molar refractivity (Wildman–Crippen MR) is 63.2 cm³/mol. The van der Waals surface area contributed by atoms with Gasteiger partial charge in [0.25, 0.3) is 0 Å². The van der Waals surface area contributed by atoms with E-state index in [4.69, 9.17) is 16.3 Å². The van der Waals surface area contributed by atoms with E-state index in [1.165, 1.54) is 0 Å². The third-order valence-electron chi connectivity index (χ3n) is 1.88. The molecule has 0 aliphatic heterocycles. The van der Waals surface area contributed by atoms with Crippen LogP contribution in [0.3, 0.4) is 0 Å². The highest BCUT2D eigenvalue weighted by atomic mass is 35.5. The number of hydrogen-bond donors (Lipinski definition) is 1. The summed E-state index contributed by atoms with van der Waals surface area (Å²) in [4.78, 5) is 0. The Morgan fingerprint density at radius 2 is 1.83 bits per heavy atom. The highest BCUT2D eigenvalue weighted by molar-refractivity contribution is 7.89. The Labute approximate surface area is 110 Å². The zero-order valence-corrected chi connectivity index (χ0v) is 11.4. The Hall–Kier alpha value is -0.0500. The van der Waals surface area contributed by atoms with Crippen LogP contribution in [0.1, 0.15) is 19.3 Å². The lowest BCUT2D eigenvalue weighted by atomic mass is 10.3. The van der Waals surface area contributed by atoms with Gasteiger partial charge in [0.2, 0.25) is 10.0 Å². The Bertz CT molecular complexity index is 309. The summed E-state index contributed by atoms with van der Waals surface area (Å²) in [6, 6.07) is 0. The van der Waals surface area contributed by atoms with Gasteiger partial charge in [0.1, 0.15) is 0 Å². The molecule has 0 aliphatic carbocycles. The molecule has 0 atom stereocenters. The van der Waals surface area contributed by atoms with Crippen LogP contribution in [0, 0.1) is 0 Å². The predicted octanol–water partition coefficient (Wildman–Crippen LogP) is 1.89. The first kappa shape index (κ1) is 17.9. The van der Waals surface area contributed by atoms with Crippen LogP contribution in [0.5, 0.6) is 0 Å². The van der Waals surface area contributed by atoms with Gasteiger partial charge in [-0.3, -0.25) is 0 Å². The van der Waals surface area contributed by atoms with Gasteiger partial charge in [0.15, 0.2) is 0 Å². The second kappa shape index (κ2) is 8.95. The Kier molecular flexibility index (Phi) is 8.93. The van der Waals surface area contributed by atoms with E-state index in [2.05, 4.69) is 4.72 Å². The first-order chi connectivity index (χ1) is 8.27. The minimum atomic E-state index is -4.31. The third kappa shape index (κ3) is 12.4. The molecular formula is C9H17ClF3NO3S. The second-order valence-electron chi connectivity index (χ2n) is 3.59. The van der Waals surface area contributed by atoms with E-state index in [-0.39, 0.29) is 6.54 Å². The molecule has 0 rings (SSSR count). The van der Waals surface area contributed by atoms with Crippen LogP contribution in [-0.2, 0) is 14.8 Å². The van der Waals surface area contributed by atoms with Crippen molar-refractivity contribution < 1.29 is 26.3 Å². The SMILES string of the molecule is O=S(=O)(CCCC(F)(F)F)NCCCOCCCl. The van der Waals surface area contributed by atoms with E-state index >= 15 is 0 Å². The van der Waals surface area contributed by atoms with E-state index in [1.54, 1.807) is 0 Å². The molecule has 9 heteroatoms.